The Morgan fingerprint density at radius 3 is 2.69 bits per heavy atom. The summed E-state index contributed by atoms with van der Waals surface area (Å²) < 4.78 is 5.96. The van der Waals surface area contributed by atoms with Crippen LogP contribution < -0.4 is 15.8 Å². The van der Waals surface area contributed by atoms with E-state index in [4.69, 9.17) is 15.5 Å². The van der Waals surface area contributed by atoms with Gasteiger partial charge in [-0.3, -0.25) is 0 Å². The Morgan fingerprint density at radius 2 is 1.97 bits per heavy atom. The second-order valence-corrected chi connectivity index (χ2v) is 7.75. The van der Waals surface area contributed by atoms with Gasteiger partial charge in [0, 0.05) is 19.1 Å². The third kappa shape index (κ3) is 6.23. The summed E-state index contributed by atoms with van der Waals surface area (Å²) in [5, 5.41) is 3.50. The van der Waals surface area contributed by atoms with Crippen LogP contribution in [0.15, 0.2) is 53.5 Å². The number of likely N-dealkylation sites (tertiary alicyclic amines) is 1. The second-order valence-electron chi connectivity index (χ2n) is 7.75. The number of ether oxygens (including phenoxy) is 1. The molecule has 1 heterocycles. The highest BCUT2D eigenvalue weighted by atomic mass is 16.5. The van der Waals surface area contributed by atoms with Crippen LogP contribution in [0, 0.1) is 6.92 Å². The highest BCUT2D eigenvalue weighted by Gasteiger charge is 2.21. The van der Waals surface area contributed by atoms with Gasteiger partial charge in [0.2, 0.25) is 0 Å². The van der Waals surface area contributed by atoms with Crippen LogP contribution in [-0.4, -0.2) is 36.5 Å². The van der Waals surface area contributed by atoms with Crippen LogP contribution in [0.1, 0.15) is 43.7 Å². The maximum atomic E-state index is 5.96. The third-order valence-corrected chi connectivity index (χ3v) is 5.47. The van der Waals surface area contributed by atoms with E-state index in [0.29, 0.717) is 19.2 Å². The van der Waals surface area contributed by atoms with Crippen LogP contribution in [0.25, 0.3) is 0 Å². The number of nitrogens with two attached hydrogens (primary N) is 1. The van der Waals surface area contributed by atoms with Gasteiger partial charge in [-0.2, -0.15) is 0 Å². The lowest BCUT2D eigenvalue weighted by molar-refractivity contribution is 0.251. The summed E-state index contributed by atoms with van der Waals surface area (Å²) in [4.78, 5) is 7.30. The number of piperidine rings is 1. The van der Waals surface area contributed by atoms with Crippen molar-refractivity contribution in [2.75, 3.05) is 19.6 Å². The van der Waals surface area contributed by atoms with Crippen molar-refractivity contribution in [1.82, 2.24) is 10.2 Å². The van der Waals surface area contributed by atoms with E-state index in [1.807, 2.05) is 36.4 Å². The molecule has 1 atom stereocenters. The first-order valence-electron chi connectivity index (χ1n) is 10.7. The lowest BCUT2D eigenvalue weighted by atomic mass is 10.0. The summed E-state index contributed by atoms with van der Waals surface area (Å²) in [5.74, 6) is 1.82. The number of benzene rings is 2. The molecule has 0 aromatic heterocycles. The zero-order valence-corrected chi connectivity index (χ0v) is 17.7. The van der Waals surface area contributed by atoms with Gasteiger partial charge >= 0.3 is 0 Å². The fourth-order valence-corrected chi connectivity index (χ4v) is 3.59. The molecule has 1 aliphatic heterocycles. The summed E-state index contributed by atoms with van der Waals surface area (Å²) in [6.07, 6.45) is 4.66. The van der Waals surface area contributed by atoms with Gasteiger partial charge in [0.05, 0.1) is 5.69 Å². The minimum Gasteiger partial charge on any atom is -0.489 e. The smallest absolute Gasteiger partial charge is 0.199 e. The van der Waals surface area contributed by atoms with E-state index in [1.165, 1.54) is 30.4 Å². The van der Waals surface area contributed by atoms with Gasteiger partial charge in [0.25, 0.3) is 0 Å². The fourth-order valence-electron chi connectivity index (χ4n) is 3.59. The molecular formula is C24H34N4O. The van der Waals surface area contributed by atoms with Crippen molar-refractivity contribution >= 4 is 11.6 Å². The molecule has 1 unspecified atom stereocenters. The lowest BCUT2D eigenvalue weighted by Crippen LogP contribution is -2.48. The number of nitrogens with zero attached hydrogens (tertiary/aromatic N) is 2. The van der Waals surface area contributed by atoms with Crippen LogP contribution in [0.2, 0.25) is 0 Å². The summed E-state index contributed by atoms with van der Waals surface area (Å²) in [6, 6.07) is 16.8. The molecule has 2 aromatic carbocycles. The maximum absolute atomic E-state index is 5.96. The molecule has 29 heavy (non-hydrogen) atoms. The number of aryl methyl sites for hydroxylation is 1. The zero-order chi connectivity index (χ0) is 20.5. The van der Waals surface area contributed by atoms with Crippen molar-refractivity contribution < 1.29 is 4.74 Å². The van der Waals surface area contributed by atoms with E-state index in [2.05, 4.69) is 36.2 Å². The first-order chi connectivity index (χ1) is 14.2. The van der Waals surface area contributed by atoms with Crippen LogP contribution in [0.5, 0.6) is 5.75 Å². The largest absolute Gasteiger partial charge is 0.489 e. The molecule has 0 spiro atoms. The van der Waals surface area contributed by atoms with Crippen LogP contribution in [0.3, 0.4) is 0 Å². The number of guanidine groups is 1. The monoisotopic (exact) mass is 394 g/mol. The number of hydrogen-bond donors (Lipinski definition) is 2. The Labute approximate surface area is 175 Å². The molecule has 5 heteroatoms. The van der Waals surface area contributed by atoms with E-state index >= 15 is 0 Å². The highest BCUT2D eigenvalue weighted by Crippen LogP contribution is 2.22. The van der Waals surface area contributed by atoms with Gasteiger partial charge in [-0.15, -0.1) is 0 Å². The van der Waals surface area contributed by atoms with Crippen LogP contribution in [0.4, 0.5) is 5.69 Å². The fraction of sp³-hybridized carbons (Fsp3) is 0.458. The van der Waals surface area contributed by atoms with Crippen molar-refractivity contribution in [2.45, 2.75) is 52.2 Å². The van der Waals surface area contributed by atoms with E-state index in [0.717, 1.165) is 36.9 Å². The predicted molar refractivity (Wildman–Crippen MR) is 121 cm³/mol. The molecule has 156 valence electrons. The molecule has 1 aliphatic rings. The van der Waals surface area contributed by atoms with E-state index in [9.17, 15) is 0 Å². The normalized spacial score (nSPS) is 17.3. The number of nitrogens with one attached hydrogen (secondary N) is 1. The molecule has 1 fully saturated rings. The van der Waals surface area contributed by atoms with Gasteiger partial charge in [0.1, 0.15) is 12.4 Å². The van der Waals surface area contributed by atoms with Crippen LogP contribution in [-0.2, 0) is 6.61 Å². The quantitative estimate of drug-likeness (QED) is 0.416. The van der Waals surface area contributed by atoms with Gasteiger partial charge in [-0.25, -0.2) is 4.99 Å². The molecule has 0 amide bonds. The molecule has 3 rings (SSSR count). The Hall–Kier alpha value is -2.53. The van der Waals surface area contributed by atoms with Gasteiger partial charge in [-0.1, -0.05) is 24.3 Å². The zero-order valence-electron chi connectivity index (χ0n) is 17.7. The topological polar surface area (TPSA) is 62.9 Å². The summed E-state index contributed by atoms with van der Waals surface area (Å²) >= 11 is 0. The first kappa shape index (κ1) is 21.2. The summed E-state index contributed by atoms with van der Waals surface area (Å²) in [7, 11) is 0. The summed E-state index contributed by atoms with van der Waals surface area (Å²) in [5.41, 5.74) is 9.05. The predicted octanol–water partition coefficient (Wildman–Crippen LogP) is 4.37. The Balaban J connectivity index is 1.67. The van der Waals surface area contributed by atoms with Gasteiger partial charge in [0.15, 0.2) is 5.96 Å². The van der Waals surface area contributed by atoms with E-state index < -0.39 is 0 Å². The maximum Gasteiger partial charge on any atom is 0.199 e. The number of rotatable bonds is 7. The molecule has 0 radical (unpaired) electrons. The second kappa shape index (κ2) is 10.9. The number of hydrogen-bond acceptors (Lipinski definition) is 3. The molecule has 3 N–H and O–H groups in total. The van der Waals surface area contributed by atoms with E-state index in [-0.39, 0.29) is 0 Å². The van der Waals surface area contributed by atoms with Crippen molar-refractivity contribution in [3.63, 3.8) is 0 Å². The van der Waals surface area contributed by atoms with Crippen molar-refractivity contribution in [3.8, 4) is 5.75 Å². The Morgan fingerprint density at radius 1 is 1.17 bits per heavy atom. The van der Waals surface area contributed by atoms with E-state index in [1.54, 1.807) is 0 Å². The van der Waals surface area contributed by atoms with Crippen molar-refractivity contribution in [1.29, 1.82) is 0 Å². The number of aliphatic imine (C=N–C) groups is 1. The molecule has 0 aliphatic carbocycles. The molecule has 5 nitrogen and oxygen atoms in total. The highest BCUT2D eigenvalue weighted by molar-refractivity contribution is 5.83. The molecule has 2 aromatic rings. The standard InChI is InChI=1S/C24H34N4O/c1-19-8-3-4-10-21(19)18-29-23-13-11-22(12-14-23)27-24(26-16-7-15-25)28-17-6-5-9-20(28)2/h3-4,8,10-14,20H,5-7,9,15-18,25H2,1-2H3,(H,26,27). The molecular weight excluding hydrogens is 360 g/mol. The SMILES string of the molecule is Cc1ccccc1COc1ccc(/N=C(\NCCCN)N2CCCCC2C)cc1. The van der Waals surface area contributed by atoms with Gasteiger partial charge < -0.3 is 20.7 Å². The van der Waals surface area contributed by atoms with Crippen molar-refractivity contribution in [2.24, 2.45) is 10.7 Å². The third-order valence-electron chi connectivity index (χ3n) is 5.47. The first-order valence-corrected chi connectivity index (χ1v) is 10.7. The Bertz CT molecular complexity index is 788. The average molecular weight is 395 g/mol. The Kier molecular flexibility index (Phi) is 7.94. The molecule has 0 saturated carbocycles. The molecule has 1 saturated heterocycles. The average Bonchev–Trinajstić information content (AvgIpc) is 2.74. The van der Waals surface area contributed by atoms with Crippen molar-refractivity contribution in [3.05, 3.63) is 59.7 Å². The summed E-state index contributed by atoms with van der Waals surface area (Å²) in [6.45, 7) is 7.54. The lowest BCUT2D eigenvalue weighted by Gasteiger charge is -2.36. The minimum atomic E-state index is 0.504. The minimum absolute atomic E-state index is 0.504. The van der Waals surface area contributed by atoms with Crippen LogP contribution >= 0.6 is 0 Å². The van der Waals surface area contributed by atoms with Gasteiger partial charge in [-0.05, 0) is 81.5 Å². The molecule has 0 bridgehead atoms.